The molecule has 0 radical (unpaired) electrons. The molecule has 242 valence electrons. The Kier molecular flexibility index (Phi) is 12.2. The van der Waals surface area contributed by atoms with Gasteiger partial charge >= 0.3 is 0 Å². The molecular formula is C36H40ClN3O5S. The number of aryl methyl sites for hydroxylation is 1. The van der Waals surface area contributed by atoms with Crippen molar-refractivity contribution in [1.82, 2.24) is 10.2 Å². The predicted molar refractivity (Wildman–Crippen MR) is 183 cm³/mol. The molecule has 2 amide bonds. The third-order valence-corrected chi connectivity index (χ3v) is 9.80. The van der Waals surface area contributed by atoms with Crippen molar-refractivity contribution in [3.8, 4) is 5.75 Å². The van der Waals surface area contributed by atoms with Crippen LogP contribution in [-0.4, -0.2) is 51.4 Å². The van der Waals surface area contributed by atoms with E-state index < -0.39 is 28.5 Å². The second-order valence-corrected chi connectivity index (χ2v) is 13.3. The number of ether oxygens (including phenoxy) is 1. The summed E-state index contributed by atoms with van der Waals surface area (Å²) in [5, 5.41) is 3.42. The molecule has 0 aromatic heterocycles. The highest BCUT2D eigenvalue weighted by atomic mass is 35.5. The summed E-state index contributed by atoms with van der Waals surface area (Å²) >= 11 is 6.56. The molecule has 0 saturated heterocycles. The molecule has 10 heteroatoms. The van der Waals surface area contributed by atoms with Crippen molar-refractivity contribution in [1.29, 1.82) is 0 Å². The third-order valence-electron chi connectivity index (χ3n) is 7.65. The molecule has 46 heavy (non-hydrogen) atoms. The number of benzene rings is 4. The number of amides is 2. The minimum Gasteiger partial charge on any atom is -0.497 e. The van der Waals surface area contributed by atoms with Gasteiger partial charge in [-0.25, -0.2) is 8.42 Å². The van der Waals surface area contributed by atoms with Gasteiger partial charge in [0.05, 0.1) is 17.7 Å². The Morgan fingerprint density at radius 1 is 0.891 bits per heavy atom. The lowest BCUT2D eigenvalue weighted by Crippen LogP contribution is -2.53. The summed E-state index contributed by atoms with van der Waals surface area (Å²) in [4.78, 5) is 29.8. The first-order chi connectivity index (χ1) is 22.1. The number of carbonyl (C=O) groups excluding carboxylic acids is 2. The number of hydrogen-bond donors (Lipinski definition) is 1. The second-order valence-electron chi connectivity index (χ2n) is 11.0. The van der Waals surface area contributed by atoms with Gasteiger partial charge in [-0.2, -0.15) is 0 Å². The molecule has 0 bridgehead atoms. The number of anilines is 1. The molecule has 0 aliphatic carbocycles. The van der Waals surface area contributed by atoms with Crippen LogP contribution in [0.5, 0.6) is 5.75 Å². The second kappa shape index (κ2) is 16.3. The maximum Gasteiger partial charge on any atom is 0.264 e. The Bertz CT molecular complexity index is 1700. The topological polar surface area (TPSA) is 96.0 Å². The maximum atomic E-state index is 14.5. The van der Waals surface area contributed by atoms with Crippen LogP contribution >= 0.6 is 11.6 Å². The number of unbranched alkanes of at least 4 members (excludes halogenated alkanes) is 1. The number of carbonyl (C=O) groups is 2. The summed E-state index contributed by atoms with van der Waals surface area (Å²) in [6.45, 7) is 3.84. The van der Waals surface area contributed by atoms with Crippen LogP contribution in [0, 0.1) is 6.92 Å². The minimum absolute atomic E-state index is 0.00151. The SMILES string of the molecule is CCCCNC(=O)C(Cc1ccccc1)N(Cc1ccccc1Cl)C(=O)CN(c1ccc(C)cc1)S(=O)(=O)c1ccc(OC)cc1. The molecule has 1 unspecified atom stereocenters. The fraction of sp³-hybridized carbons (Fsp3) is 0.278. The van der Waals surface area contributed by atoms with Crippen LogP contribution in [0.3, 0.4) is 0 Å². The van der Waals surface area contributed by atoms with Crippen LogP contribution < -0.4 is 14.4 Å². The average molecular weight is 662 g/mol. The van der Waals surface area contributed by atoms with E-state index in [1.807, 2.05) is 50.2 Å². The van der Waals surface area contributed by atoms with Gasteiger partial charge < -0.3 is 15.0 Å². The van der Waals surface area contributed by atoms with Gasteiger partial charge in [-0.3, -0.25) is 13.9 Å². The number of sulfonamides is 1. The minimum atomic E-state index is -4.22. The van der Waals surface area contributed by atoms with E-state index in [-0.39, 0.29) is 23.8 Å². The number of halogens is 1. The maximum absolute atomic E-state index is 14.5. The van der Waals surface area contributed by atoms with Gasteiger partial charge in [0.25, 0.3) is 10.0 Å². The van der Waals surface area contributed by atoms with E-state index in [9.17, 15) is 18.0 Å². The first-order valence-electron chi connectivity index (χ1n) is 15.2. The van der Waals surface area contributed by atoms with Crippen LogP contribution in [0.25, 0.3) is 0 Å². The zero-order valence-corrected chi connectivity index (χ0v) is 27.9. The zero-order valence-electron chi connectivity index (χ0n) is 26.4. The third kappa shape index (κ3) is 8.89. The molecule has 0 spiro atoms. The van der Waals surface area contributed by atoms with E-state index in [2.05, 4.69) is 5.32 Å². The van der Waals surface area contributed by atoms with E-state index in [4.69, 9.17) is 16.3 Å². The van der Waals surface area contributed by atoms with Crippen molar-refractivity contribution in [3.05, 3.63) is 125 Å². The van der Waals surface area contributed by atoms with Crippen molar-refractivity contribution < 1.29 is 22.7 Å². The highest BCUT2D eigenvalue weighted by molar-refractivity contribution is 7.92. The van der Waals surface area contributed by atoms with Crippen molar-refractivity contribution in [2.24, 2.45) is 0 Å². The Hall–Kier alpha value is -4.34. The van der Waals surface area contributed by atoms with E-state index in [1.54, 1.807) is 54.6 Å². The summed E-state index contributed by atoms with van der Waals surface area (Å²) in [6, 6.07) is 28.5. The van der Waals surface area contributed by atoms with Gasteiger partial charge in [0.1, 0.15) is 18.3 Å². The Morgan fingerprint density at radius 3 is 2.17 bits per heavy atom. The van der Waals surface area contributed by atoms with E-state index in [0.29, 0.717) is 28.6 Å². The smallest absolute Gasteiger partial charge is 0.264 e. The quantitative estimate of drug-likeness (QED) is 0.149. The van der Waals surface area contributed by atoms with Crippen LogP contribution in [0.15, 0.2) is 108 Å². The number of rotatable bonds is 15. The molecule has 4 aromatic carbocycles. The van der Waals surface area contributed by atoms with Crippen LogP contribution in [0.4, 0.5) is 5.69 Å². The van der Waals surface area contributed by atoms with E-state index in [1.165, 1.54) is 24.1 Å². The van der Waals surface area contributed by atoms with Gasteiger partial charge in [-0.05, 0) is 66.9 Å². The largest absolute Gasteiger partial charge is 0.497 e. The van der Waals surface area contributed by atoms with E-state index >= 15 is 0 Å². The molecule has 4 aromatic rings. The molecule has 0 heterocycles. The van der Waals surface area contributed by atoms with Crippen molar-refractivity contribution >= 4 is 39.1 Å². The van der Waals surface area contributed by atoms with Crippen LogP contribution in [-0.2, 0) is 32.6 Å². The van der Waals surface area contributed by atoms with Crippen molar-refractivity contribution in [2.45, 2.75) is 50.6 Å². The van der Waals surface area contributed by atoms with Gasteiger partial charge in [0.15, 0.2) is 0 Å². The fourth-order valence-corrected chi connectivity index (χ4v) is 6.59. The summed E-state index contributed by atoms with van der Waals surface area (Å²) in [6.07, 6.45) is 1.90. The van der Waals surface area contributed by atoms with Crippen LogP contribution in [0.2, 0.25) is 5.02 Å². The van der Waals surface area contributed by atoms with Gasteiger partial charge in [-0.15, -0.1) is 0 Å². The van der Waals surface area contributed by atoms with E-state index in [0.717, 1.165) is 28.3 Å². The number of methoxy groups -OCH3 is 1. The van der Waals surface area contributed by atoms with Crippen molar-refractivity contribution in [3.63, 3.8) is 0 Å². The van der Waals surface area contributed by atoms with Gasteiger partial charge in [-0.1, -0.05) is 91.2 Å². The Morgan fingerprint density at radius 2 is 1.54 bits per heavy atom. The Labute approximate surface area is 277 Å². The molecular weight excluding hydrogens is 622 g/mol. The summed E-state index contributed by atoms with van der Waals surface area (Å²) in [7, 11) is -2.72. The molecule has 4 rings (SSSR count). The summed E-state index contributed by atoms with van der Waals surface area (Å²) in [5.74, 6) is -0.373. The summed E-state index contributed by atoms with van der Waals surface area (Å²) in [5.41, 5.74) is 2.75. The summed E-state index contributed by atoms with van der Waals surface area (Å²) < 4.78 is 34.6. The molecule has 0 saturated carbocycles. The Balaban J connectivity index is 1.79. The number of nitrogens with one attached hydrogen (secondary N) is 1. The molecule has 1 N–H and O–H groups in total. The molecule has 0 aliphatic heterocycles. The van der Waals surface area contributed by atoms with Gasteiger partial charge in [0.2, 0.25) is 11.8 Å². The van der Waals surface area contributed by atoms with Gasteiger partial charge in [0, 0.05) is 24.5 Å². The highest BCUT2D eigenvalue weighted by Gasteiger charge is 2.35. The molecule has 1 atom stereocenters. The number of hydrogen-bond acceptors (Lipinski definition) is 5. The predicted octanol–water partition coefficient (Wildman–Crippen LogP) is 6.41. The lowest BCUT2D eigenvalue weighted by molar-refractivity contribution is -0.140. The molecule has 0 aliphatic rings. The lowest BCUT2D eigenvalue weighted by atomic mass is 10.0. The highest BCUT2D eigenvalue weighted by Crippen LogP contribution is 2.27. The average Bonchev–Trinajstić information content (AvgIpc) is 3.07. The standard InChI is InChI=1S/C36H40ClN3O5S/c1-4-5-23-38-36(42)34(24-28-11-7-6-8-12-28)39(25-29-13-9-10-14-33(29)37)35(41)26-40(30-17-15-27(2)16-18-30)46(43,44)32-21-19-31(45-3)20-22-32/h6-22,34H,4-5,23-26H2,1-3H3,(H,38,42). The monoisotopic (exact) mass is 661 g/mol. The first-order valence-corrected chi connectivity index (χ1v) is 17.0. The van der Waals surface area contributed by atoms with Crippen molar-refractivity contribution in [2.75, 3.05) is 24.5 Å². The first kappa shape index (κ1) is 34.5. The number of nitrogens with zero attached hydrogens (tertiary/aromatic N) is 2. The van der Waals surface area contributed by atoms with Crippen LogP contribution in [0.1, 0.15) is 36.5 Å². The molecule has 0 fully saturated rings. The lowest BCUT2D eigenvalue weighted by Gasteiger charge is -2.34. The zero-order chi connectivity index (χ0) is 33.1. The normalized spacial score (nSPS) is 11.8. The molecule has 8 nitrogen and oxygen atoms in total. The fourth-order valence-electron chi connectivity index (χ4n) is 4.98.